The van der Waals surface area contributed by atoms with Gasteiger partial charge in [0.1, 0.15) is 17.4 Å². The van der Waals surface area contributed by atoms with Crippen molar-refractivity contribution < 1.29 is 9.90 Å². The first-order valence-electron chi connectivity index (χ1n) is 8.54. The second kappa shape index (κ2) is 8.92. The quantitative estimate of drug-likeness (QED) is 0.289. The van der Waals surface area contributed by atoms with E-state index in [1.807, 2.05) is 60.7 Å². The smallest absolute Gasteiger partial charge is 0.267 e. The molecule has 0 fully saturated rings. The van der Waals surface area contributed by atoms with E-state index >= 15 is 0 Å². The molecule has 6 heteroatoms. The number of phenols is 1. The van der Waals surface area contributed by atoms with E-state index in [0.29, 0.717) is 0 Å². The predicted molar refractivity (Wildman–Crippen MR) is 110 cm³/mol. The van der Waals surface area contributed by atoms with Crippen LogP contribution in [0.1, 0.15) is 0 Å². The summed E-state index contributed by atoms with van der Waals surface area (Å²) < 4.78 is 0. The van der Waals surface area contributed by atoms with Gasteiger partial charge in [-0.25, -0.2) is 0 Å². The first-order chi connectivity index (χ1) is 13.7. The molecule has 0 heterocycles. The lowest BCUT2D eigenvalue weighted by Crippen LogP contribution is -2.14. The monoisotopic (exact) mass is 370 g/mol. The topological polar surface area (TPSA) is 97.2 Å². The van der Waals surface area contributed by atoms with Gasteiger partial charge in [0, 0.05) is 23.3 Å². The van der Waals surface area contributed by atoms with Crippen LogP contribution in [0, 0.1) is 11.3 Å². The van der Waals surface area contributed by atoms with Crippen LogP contribution >= 0.6 is 0 Å². The van der Waals surface area contributed by atoms with Crippen LogP contribution in [0.3, 0.4) is 0 Å². The fourth-order valence-corrected chi connectivity index (χ4v) is 2.41. The molecule has 0 aliphatic carbocycles. The van der Waals surface area contributed by atoms with Gasteiger partial charge in [0.15, 0.2) is 0 Å². The fraction of sp³-hybridized carbons (Fsp3) is 0. The van der Waals surface area contributed by atoms with E-state index in [-0.39, 0.29) is 17.0 Å². The van der Waals surface area contributed by atoms with Crippen molar-refractivity contribution in [2.45, 2.75) is 0 Å². The van der Waals surface area contributed by atoms with Crippen molar-refractivity contribution in [2.24, 2.45) is 0 Å². The van der Waals surface area contributed by atoms with Crippen molar-refractivity contribution >= 4 is 28.7 Å². The maximum Gasteiger partial charge on any atom is 0.267 e. The summed E-state index contributed by atoms with van der Waals surface area (Å²) in [7, 11) is 0. The third-order valence-electron chi connectivity index (χ3n) is 3.85. The van der Waals surface area contributed by atoms with Crippen LogP contribution in [0.2, 0.25) is 0 Å². The molecule has 138 valence electrons. The second-order valence-corrected chi connectivity index (χ2v) is 5.85. The van der Waals surface area contributed by atoms with E-state index < -0.39 is 5.91 Å². The minimum Gasteiger partial charge on any atom is -0.506 e. The number of phenolic OH excluding ortho intramolecular Hbond substituents is 1. The zero-order chi connectivity index (χ0) is 19.8. The number of carbonyl (C=O) groups excluding carboxylic acids is 1. The highest BCUT2D eigenvalue weighted by molar-refractivity contribution is 6.07. The van der Waals surface area contributed by atoms with E-state index in [9.17, 15) is 15.2 Å². The predicted octanol–water partition coefficient (Wildman–Crippen LogP) is 4.59. The number of para-hydroxylation sites is 3. The fourth-order valence-electron chi connectivity index (χ4n) is 2.41. The van der Waals surface area contributed by atoms with Gasteiger partial charge in [-0.1, -0.05) is 30.3 Å². The third kappa shape index (κ3) is 4.90. The number of hydrogen-bond donors (Lipinski definition) is 4. The maximum atomic E-state index is 12.2. The Morgan fingerprint density at radius 2 is 1.46 bits per heavy atom. The molecule has 4 N–H and O–H groups in total. The molecule has 0 aliphatic rings. The van der Waals surface area contributed by atoms with E-state index in [1.165, 1.54) is 12.3 Å². The van der Waals surface area contributed by atoms with Crippen molar-refractivity contribution in [3.05, 3.63) is 90.6 Å². The second-order valence-electron chi connectivity index (χ2n) is 5.85. The summed E-state index contributed by atoms with van der Waals surface area (Å²) in [5.74, 6) is -0.679. The first kappa shape index (κ1) is 18.5. The highest BCUT2D eigenvalue weighted by Gasteiger charge is 2.11. The molecule has 0 bridgehead atoms. The largest absolute Gasteiger partial charge is 0.506 e. The number of benzene rings is 3. The Labute approximate surface area is 162 Å². The third-order valence-corrected chi connectivity index (χ3v) is 3.85. The number of nitriles is 1. The minimum atomic E-state index is -0.612. The number of carbonyl (C=O) groups is 1. The number of hydrogen-bond acceptors (Lipinski definition) is 5. The summed E-state index contributed by atoms with van der Waals surface area (Å²) in [6, 6.07) is 25.4. The number of amides is 1. The van der Waals surface area contributed by atoms with Gasteiger partial charge < -0.3 is 21.1 Å². The molecule has 3 aromatic carbocycles. The number of anilines is 4. The summed E-state index contributed by atoms with van der Waals surface area (Å²) in [5.41, 5.74) is 2.75. The van der Waals surface area contributed by atoms with Crippen molar-refractivity contribution in [3.63, 3.8) is 0 Å². The Morgan fingerprint density at radius 3 is 2.14 bits per heavy atom. The molecule has 1 amide bonds. The number of nitrogens with one attached hydrogen (secondary N) is 3. The maximum absolute atomic E-state index is 12.2. The first-order valence-corrected chi connectivity index (χ1v) is 8.54. The zero-order valence-electron chi connectivity index (χ0n) is 14.9. The SMILES string of the molecule is N#C/C(=C/Nc1ccc(Nc2ccccc2)cc1)C(=O)Nc1ccccc1O. The van der Waals surface area contributed by atoms with Crippen molar-refractivity contribution in [2.75, 3.05) is 16.0 Å². The number of rotatable bonds is 6. The van der Waals surface area contributed by atoms with Crippen LogP contribution in [-0.4, -0.2) is 11.0 Å². The minimum absolute atomic E-state index is 0.0670. The summed E-state index contributed by atoms with van der Waals surface area (Å²) in [6.45, 7) is 0. The van der Waals surface area contributed by atoms with Crippen molar-refractivity contribution in [3.8, 4) is 11.8 Å². The summed E-state index contributed by atoms with van der Waals surface area (Å²) >= 11 is 0. The average molecular weight is 370 g/mol. The van der Waals surface area contributed by atoms with Crippen molar-refractivity contribution in [1.29, 1.82) is 5.26 Å². The molecule has 3 aromatic rings. The molecule has 0 spiro atoms. The van der Waals surface area contributed by atoms with Gasteiger partial charge in [0.2, 0.25) is 0 Å². The molecule has 28 heavy (non-hydrogen) atoms. The molecular weight excluding hydrogens is 352 g/mol. The standard InChI is InChI=1S/C22H18N4O2/c23-14-16(22(28)26-20-8-4-5-9-21(20)27)15-24-17-10-12-19(13-11-17)25-18-6-2-1-3-7-18/h1-13,15,24-25,27H,(H,26,28)/b16-15-. The van der Waals surface area contributed by atoms with Crippen LogP contribution in [0.4, 0.5) is 22.7 Å². The lowest BCUT2D eigenvalue weighted by Gasteiger charge is -2.08. The van der Waals surface area contributed by atoms with Crippen molar-refractivity contribution in [1.82, 2.24) is 0 Å². The highest BCUT2D eigenvalue weighted by Crippen LogP contribution is 2.22. The van der Waals surface area contributed by atoms with Crippen LogP contribution < -0.4 is 16.0 Å². The lowest BCUT2D eigenvalue weighted by molar-refractivity contribution is -0.112. The summed E-state index contributed by atoms with van der Waals surface area (Å²) in [6.07, 6.45) is 1.33. The van der Waals surface area contributed by atoms with Gasteiger partial charge in [-0.3, -0.25) is 4.79 Å². The van der Waals surface area contributed by atoms with Crippen LogP contribution in [0.15, 0.2) is 90.6 Å². The van der Waals surface area contributed by atoms with E-state index in [1.54, 1.807) is 18.2 Å². The van der Waals surface area contributed by atoms with Gasteiger partial charge in [0.05, 0.1) is 5.69 Å². The van der Waals surface area contributed by atoms with Crippen LogP contribution in [0.5, 0.6) is 5.75 Å². The molecule has 0 unspecified atom stereocenters. The van der Waals surface area contributed by atoms with Gasteiger partial charge in [0.25, 0.3) is 5.91 Å². The number of aromatic hydroxyl groups is 1. The van der Waals surface area contributed by atoms with Gasteiger partial charge in [-0.2, -0.15) is 5.26 Å². The molecule has 0 aliphatic heterocycles. The lowest BCUT2D eigenvalue weighted by atomic mass is 10.2. The molecule has 3 rings (SSSR count). The summed E-state index contributed by atoms with van der Waals surface area (Å²) in [4.78, 5) is 12.2. The zero-order valence-corrected chi connectivity index (χ0v) is 14.9. The Morgan fingerprint density at radius 1 is 0.857 bits per heavy atom. The van der Waals surface area contributed by atoms with E-state index in [0.717, 1.165) is 17.1 Å². The van der Waals surface area contributed by atoms with Crippen LogP contribution in [-0.2, 0) is 4.79 Å². The summed E-state index contributed by atoms with van der Waals surface area (Å²) in [5, 5.41) is 27.7. The van der Waals surface area contributed by atoms with Gasteiger partial charge in [-0.15, -0.1) is 0 Å². The molecular formula is C22H18N4O2. The Kier molecular flexibility index (Phi) is 5.91. The Balaban J connectivity index is 1.63. The Hall–Kier alpha value is -4.24. The molecule has 0 atom stereocenters. The van der Waals surface area contributed by atoms with Gasteiger partial charge in [-0.05, 0) is 48.5 Å². The van der Waals surface area contributed by atoms with E-state index in [4.69, 9.17) is 0 Å². The average Bonchev–Trinajstić information content (AvgIpc) is 2.72. The highest BCUT2D eigenvalue weighted by atomic mass is 16.3. The van der Waals surface area contributed by atoms with Gasteiger partial charge >= 0.3 is 0 Å². The molecule has 0 saturated heterocycles. The molecule has 6 nitrogen and oxygen atoms in total. The molecule has 0 radical (unpaired) electrons. The Bertz CT molecular complexity index is 1020. The molecule has 0 aromatic heterocycles. The number of nitrogens with zero attached hydrogens (tertiary/aromatic N) is 1. The van der Waals surface area contributed by atoms with Crippen LogP contribution in [0.25, 0.3) is 0 Å². The molecule has 0 saturated carbocycles. The van der Waals surface area contributed by atoms with E-state index in [2.05, 4.69) is 16.0 Å². The normalized spacial score (nSPS) is 10.6.